The number of nitrogens with two attached hydrogens (primary N) is 1. The summed E-state index contributed by atoms with van der Waals surface area (Å²) in [6.45, 7) is 6.80. The van der Waals surface area contributed by atoms with Gasteiger partial charge >= 0.3 is 0 Å². The van der Waals surface area contributed by atoms with Crippen LogP contribution < -0.4 is 32.3 Å². The Morgan fingerprint density at radius 2 is 0.887 bits per heavy atom. The highest BCUT2D eigenvalue weighted by atomic mass is 16.3. The number of furan rings is 3. The first kappa shape index (κ1) is 42.1. The normalized spacial score (nSPS) is 18.7. The van der Waals surface area contributed by atoms with E-state index in [-0.39, 0.29) is 53.2 Å². The molecule has 0 bridgehead atoms. The van der Waals surface area contributed by atoms with Crippen molar-refractivity contribution in [1.82, 2.24) is 16.0 Å². The molecule has 6 aromatic rings. The molecule has 0 spiro atoms. The van der Waals surface area contributed by atoms with Crippen molar-refractivity contribution in [3.8, 4) is 0 Å². The van der Waals surface area contributed by atoms with Gasteiger partial charge in [0.25, 0.3) is 0 Å². The minimum absolute atomic E-state index is 0.219. The van der Waals surface area contributed by atoms with Crippen LogP contribution in [0.3, 0.4) is 0 Å². The van der Waals surface area contributed by atoms with Crippen molar-refractivity contribution < 1.29 is 51.6 Å². The maximum atomic E-state index is 12.0. The summed E-state index contributed by atoms with van der Waals surface area (Å²) in [7, 11) is 0. The van der Waals surface area contributed by atoms with Crippen LogP contribution in [0, 0.1) is 0 Å². The summed E-state index contributed by atoms with van der Waals surface area (Å²) in [5.74, 6) is -3.46. The largest absolute Gasteiger partial charge is 0.464 e. The smallest absolute Gasteiger partial charge is 0.247 e. The Hall–Kier alpha value is -8.08. The zero-order valence-corrected chi connectivity index (χ0v) is 33.0. The van der Waals surface area contributed by atoms with Gasteiger partial charge in [-0.05, 0) is 86.0 Å². The van der Waals surface area contributed by atoms with Crippen molar-refractivity contribution in [3.05, 3.63) is 115 Å². The lowest BCUT2D eigenvalue weighted by atomic mass is 9.90. The number of carbonyl (C=O) groups is 8. The minimum Gasteiger partial charge on any atom is -0.464 e. The maximum Gasteiger partial charge on any atom is 0.247 e. The van der Waals surface area contributed by atoms with Gasteiger partial charge in [0, 0.05) is 69.2 Å². The summed E-state index contributed by atoms with van der Waals surface area (Å²) in [4.78, 5) is 92.2. The first-order chi connectivity index (χ1) is 29.8. The Morgan fingerprint density at radius 1 is 0.548 bits per heavy atom. The highest BCUT2D eigenvalue weighted by Gasteiger charge is 2.33. The molecule has 7 N–H and O–H groups in total. The van der Waals surface area contributed by atoms with Crippen molar-refractivity contribution in [2.45, 2.75) is 56.3 Å². The van der Waals surface area contributed by atoms with Crippen LogP contribution in [0.15, 0.2) is 112 Å². The number of hydrogen-bond acceptors (Lipinski definition) is 12. The molecule has 6 heterocycles. The predicted octanol–water partition coefficient (Wildman–Crippen LogP) is 5.69. The molecule has 3 aromatic heterocycles. The van der Waals surface area contributed by atoms with Gasteiger partial charge in [0.05, 0.1) is 36.5 Å². The van der Waals surface area contributed by atoms with E-state index in [4.69, 9.17) is 19.0 Å². The van der Waals surface area contributed by atoms with Crippen LogP contribution in [0.4, 0.5) is 17.1 Å². The minimum atomic E-state index is -0.427. The van der Waals surface area contributed by atoms with E-state index in [0.29, 0.717) is 72.3 Å². The predicted molar refractivity (Wildman–Crippen MR) is 226 cm³/mol. The van der Waals surface area contributed by atoms with Gasteiger partial charge in [-0.2, -0.15) is 0 Å². The van der Waals surface area contributed by atoms with Gasteiger partial charge < -0.3 is 29.6 Å². The van der Waals surface area contributed by atoms with E-state index in [1.807, 2.05) is 0 Å². The highest BCUT2D eigenvalue weighted by molar-refractivity contribution is 6.06. The number of piperidine rings is 3. The van der Waals surface area contributed by atoms with Gasteiger partial charge in [0.15, 0.2) is 0 Å². The maximum absolute atomic E-state index is 12.0. The standard InChI is InChI=1S/2C16H14N2O4.C13H12N2O3/c2*1-2-14(19)17-9-3-5-13-11(7-9)12(8-22-13)10-4-6-15(20)18-16(10)21;14-7-1-3-11-9(5-7)10(6-18-11)8-2-4-12(16)15-13(8)17/h2*2-3,5,7-8,10H,1,4,6H2,(H,17,19)(H,18,20,21);1,3,5-6,8H,2,4,14H2,(H,15,16,17). The van der Waals surface area contributed by atoms with Crippen molar-refractivity contribution >= 4 is 97.2 Å². The lowest BCUT2D eigenvalue weighted by molar-refractivity contribution is -0.135. The quantitative estimate of drug-likeness (QED) is 0.0644. The fourth-order valence-electron chi connectivity index (χ4n) is 7.49. The number of anilines is 3. The second kappa shape index (κ2) is 18.0. The average molecular weight is 841 g/mol. The van der Waals surface area contributed by atoms with E-state index >= 15 is 0 Å². The molecule has 0 radical (unpaired) electrons. The Bertz CT molecular complexity index is 2700. The van der Waals surface area contributed by atoms with Gasteiger partial charge in [-0.25, -0.2) is 0 Å². The second-order valence-corrected chi connectivity index (χ2v) is 14.6. The van der Waals surface area contributed by atoms with Crippen molar-refractivity contribution in [2.75, 3.05) is 16.4 Å². The molecule has 8 amide bonds. The molecule has 3 aromatic carbocycles. The third-order valence-electron chi connectivity index (χ3n) is 10.6. The Balaban J connectivity index is 0.000000141. The number of fused-ring (bicyclic) bond motifs is 3. The van der Waals surface area contributed by atoms with Crippen LogP contribution in [0.1, 0.15) is 73.0 Å². The summed E-state index contributed by atoms with van der Waals surface area (Å²) in [6, 6.07) is 15.7. The first-order valence-electron chi connectivity index (χ1n) is 19.5. The second-order valence-electron chi connectivity index (χ2n) is 14.6. The first-order valence-corrected chi connectivity index (χ1v) is 19.5. The number of imide groups is 3. The molecule has 3 saturated heterocycles. The molecular formula is C45H40N6O11. The van der Waals surface area contributed by atoms with E-state index in [1.54, 1.807) is 60.9 Å². The molecule has 0 aliphatic carbocycles. The third-order valence-corrected chi connectivity index (χ3v) is 10.6. The monoisotopic (exact) mass is 840 g/mol. The van der Waals surface area contributed by atoms with E-state index in [0.717, 1.165) is 32.8 Å². The van der Waals surface area contributed by atoms with Crippen LogP contribution in [0.2, 0.25) is 0 Å². The summed E-state index contributed by atoms with van der Waals surface area (Å²) < 4.78 is 16.3. The molecule has 62 heavy (non-hydrogen) atoms. The Morgan fingerprint density at radius 3 is 1.23 bits per heavy atom. The van der Waals surface area contributed by atoms with E-state index in [1.165, 1.54) is 24.7 Å². The molecule has 3 aliphatic heterocycles. The Kier molecular flexibility index (Phi) is 12.2. The number of nitrogens with one attached hydrogen (secondary N) is 5. The number of hydrogen-bond donors (Lipinski definition) is 6. The zero-order valence-electron chi connectivity index (χ0n) is 33.0. The van der Waals surface area contributed by atoms with Crippen LogP contribution in [0.25, 0.3) is 32.9 Å². The fourth-order valence-corrected chi connectivity index (χ4v) is 7.49. The number of carbonyl (C=O) groups excluding carboxylic acids is 8. The molecule has 316 valence electrons. The molecule has 3 fully saturated rings. The number of amides is 8. The molecule has 3 atom stereocenters. The van der Waals surface area contributed by atoms with E-state index in [2.05, 4.69) is 39.7 Å². The lowest BCUT2D eigenvalue weighted by Gasteiger charge is -2.19. The van der Waals surface area contributed by atoms with Gasteiger partial charge in [0.1, 0.15) is 16.7 Å². The van der Waals surface area contributed by atoms with Crippen molar-refractivity contribution in [3.63, 3.8) is 0 Å². The van der Waals surface area contributed by atoms with Gasteiger partial charge in [-0.3, -0.25) is 54.3 Å². The highest BCUT2D eigenvalue weighted by Crippen LogP contribution is 2.36. The molecule has 3 aliphatic rings. The van der Waals surface area contributed by atoms with Crippen LogP contribution in [-0.2, 0) is 38.4 Å². The molecule has 0 saturated carbocycles. The summed E-state index contributed by atoms with van der Waals surface area (Å²) >= 11 is 0. The van der Waals surface area contributed by atoms with Crippen LogP contribution >= 0.6 is 0 Å². The van der Waals surface area contributed by atoms with E-state index in [9.17, 15) is 38.4 Å². The average Bonchev–Trinajstić information content (AvgIpc) is 3.98. The number of nitrogen functional groups attached to an aromatic ring is 1. The SMILES string of the molecule is C=CC(=O)Nc1ccc2occ(C3CCC(=O)NC3=O)c2c1.C=CC(=O)Nc1ccc2occ(C3CCC(=O)NC3=O)c2c1.Nc1ccc2occ(C3CCC(=O)NC3=O)c2c1. The van der Waals surface area contributed by atoms with Gasteiger partial charge in [-0.1, -0.05) is 13.2 Å². The van der Waals surface area contributed by atoms with Crippen LogP contribution in [0.5, 0.6) is 0 Å². The van der Waals surface area contributed by atoms with Crippen molar-refractivity contribution in [2.24, 2.45) is 0 Å². The van der Waals surface area contributed by atoms with Gasteiger partial charge in [-0.15, -0.1) is 0 Å². The van der Waals surface area contributed by atoms with Crippen molar-refractivity contribution in [1.29, 1.82) is 0 Å². The fraction of sp³-hybridized carbons (Fsp3) is 0.200. The van der Waals surface area contributed by atoms with E-state index < -0.39 is 11.8 Å². The topological polar surface area (TPSA) is 262 Å². The molecular weight excluding hydrogens is 801 g/mol. The molecule has 9 rings (SSSR count). The summed E-state index contributed by atoms with van der Waals surface area (Å²) in [6.07, 6.45) is 9.36. The molecule has 17 heteroatoms. The number of rotatable bonds is 7. The molecule has 3 unspecified atom stereocenters. The van der Waals surface area contributed by atoms with Gasteiger partial charge in [0.2, 0.25) is 47.3 Å². The lowest BCUT2D eigenvalue weighted by Crippen LogP contribution is -2.39. The Labute approximate surface area is 352 Å². The summed E-state index contributed by atoms with van der Waals surface area (Å²) in [5, 5.41) is 14.7. The number of benzene rings is 3. The molecule has 17 nitrogen and oxygen atoms in total. The third kappa shape index (κ3) is 9.21. The van der Waals surface area contributed by atoms with Crippen LogP contribution in [-0.4, -0.2) is 47.3 Å². The zero-order chi connectivity index (χ0) is 44.1. The summed E-state index contributed by atoms with van der Waals surface area (Å²) in [5.41, 5.74) is 11.7.